The van der Waals surface area contributed by atoms with Crippen LogP contribution in [0.3, 0.4) is 0 Å². The van der Waals surface area contributed by atoms with Gasteiger partial charge in [-0.1, -0.05) is 0 Å². The molecule has 0 unspecified atom stereocenters. The van der Waals surface area contributed by atoms with Gasteiger partial charge in [-0.25, -0.2) is 9.37 Å². The summed E-state index contributed by atoms with van der Waals surface area (Å²) < 4.78 is 17.9. The van der Waals surface area contributed by atoms with E-state index < -0.39 is 0 Å². The fourth-order valence-corrected chi connectivity index (χ4v) is 1.08. The van der Waals surface area contributed by atoms with Gasteiger partial charge in [0.25, 0.3) is 0 Å². The van der Waals surface area contributed by atoms with Gasteiger partial charge in [0.1, 0.15) is 11.5 Å². The van der Waals surface area contributed by atoms with Crippen molar-refractivity contribution < 1.29 is 9.13 Å². The van der Waals surface area contributed by atoms with Gasteiger partial charge >= 0.3 is 0 Å². The Balaban J connectivity index is 2.99. The molecule has 0 aliphatic heterocycles. The van der Waals surface area contributed by atoms with E-state index in [-0.39, 0.29) is 11.4 Å². The first kappa shape index (κ1) is 10.8. The molecule has 0 aromatic carbocycles. The van der Waals surface area contributed by atoms with Crippen LogP contribution in [0.1, 0.15) is 20.8 Å². The third-order valence-electron chi connectivity index (χ3n) is 1.52. The first-order valence-electron chi connectivity index (χ1n) is 4.40. The molecule has 1 aromatic heterocycles. The van der Waals surface area contributed by atoms with E-state index >= 15 is 0 Å². The van der Waals surface area contributed by atoms with Gasteiger partial charge in [-0.2, -0.15) is 0 Å². The minimum Gasteiger partial charge on any atom is -0.480 e. The average Bonchev–Trinajstić information content (AvgIpc) is 2.01. The van der Waals surface area contributed by atoms with Crippen LogP contribution in [0.5, 0.6) is 5.88 Å². The fourth-order valence-electron chi connectivity index (χ4n) is 1.08. The van der Waals surface area contributed by atoms with E-state index in [0.717, 1.165) is 6.20 Å². The zero-order valence-electron chi connectivity index (χ0n) is 8.89. The molecule has 0 fully saturated rings. The second kappa shape index (κ2) is 3.82. The van der Waals surface area contributed by atoms with E-state index in [1.807, 2.05) is 20.8 Å². The number of methoxy groups -OCH3 is 1. The van der Waals surface area contributed by atoms with Crippen LogP contribution < -0.4 is 10.1 Å². The number of nitrogens with one attached hydrogen (secondary N) is 1. The fraction of sp³-hybridized carbons (Fsp3) is 0.500. The lowest BCUT2D eigenvalue weighted by molar-refractivity contribution is 0.396. The highest BCUT2D eigenvalue weighted by atomic mass is 19.1. The number of nitrogens with zero attached hydrogens (tertiary/aromatic N) is 1. The van der Waals surface area contributed by atoms with Crippen molar-refractivity contribution in [2.75, 3.05) is 12.4 Å². The highest BCUT2D eigenvalue weighted by Crippen LogP contribution is 2.24. The number of anilines is 1. The Morgan fingerprint density at radius 2 is 2.07 bits per heavy atom. The van der Waals surface area contributed by atoms with Gasteiger partial charge in [-0.3, -0.25) is 0 Å². The number of ether oxygens (including phenoxy) is 1. The lowest BCUT2D eigenvalue weighted by atomic mass is 10.1. The van der Waals surface area contributed by atoms with Crippen molar-refractivity contribution in [2.24, 2.45) is 0 Å². The van der Waals surface area contributed by atoms with Gasteiger partial charge in [0.2, 0.25) is 5.88 Å². The molecule has 0 aliphatic carbocycles. The summed E-state index contributed by atoms with van der Waals surface area (Å²) in [5, 5.41) is 3.11. The summed E-state index contributed by atoms with van der Waals surface area (Å²) in [5.41, 5.74) is 0.419. The first-order chi connectivity index (χ1) is 6.42. The summed E-state index contributed by atoms with van der Waals surface area (Å²) in [7, 11) is 1.51. The second-order valence-electron chi connectivity index (χ2n) is 4.09. The molecule has 1 rings (SSSR count). The van der Waals surface area contributed by atoms with Crippen LogP contribution >= 0.6 is 0 Å². The minimum atomic E-state index is -0.377. The van der Waals surface area contributed by atoms with Crippen LogP contribution in [0.25, 0.3) is 0 Å². The van der Waals surface area contributed by atoms with Crippen molar-refractivity contribution in [1.82, 2.24) is 4.98 Å². The van der Waals surface area contributed by atoms with Crippen molar-refractivity contribution in [3.8, 4) is 5.88 Å². The zero-order valence-corrected chi connectivity index (χ0v) is 8.89. The molecule has 1 aromatic rings. The Morgan fingerprint density at radius 3 is 2.57 bits per heavy atom. The van der Waals surface area contributed by atoms with Gasteiger partial charge in [-0.05, 0) is 20.8 Å². The van der Waals surface area contributed by atoms with E-state index in [0.29, 0.717) is 11.6 Å². The number of pyridine rings is 1. The Morgan fingerprint density at radius 1 is 1.43 bits per heavy atom. The molecule has 1 heterocycles. The smallest absolute Gasteiger partial charge is 0.237 e. The molecule has 0 atom stereocenters. The van der Waals surface area contributed by atoms with Crippen molar-refractivity contribution >= 4 is 5.69 Å². The summed E-state index contributed by atoms with van der Waals surface area (Å²) in [6, 6.07) is 1.37. The maximum atomic E-state index is 12.9. The predicted molar refractivity (Wildman–Crippen MR) is 54.1 cm³/mol. The lowest BCUT2D eigenvalue weighted by Gasteiger charge is -2.22. The molecule has 0 saturated heterocycles. The average molecular weight is 198 g/mol. The lowest BCUT2D eigenvalue weighted by Crippen LogP contribution is -2.26. The van der Waals surface area contributed by atoms with E-state index in [1.54, 1.807) is 0 Å². The normalized spacial score (nSPS) is 11.2. The van der Waals surface area contributed by atoms with Crippen molar-refractivity contribution in [3.63, 3.8) is 0 Å². The molecular weight excluding hydrogens is 183 g/mol. The van der Waals surface area contributed by atoms with E-state index in [2.05, 4.69) is 10.3 Å². The Bertz CT molecular complexity index is 320. The number of hydrogen-bond donors (Lipinski definition) is 1. The van der Waals surface area contributed by atoms with Crippen LogP contribution in [-0.2, 0) is 0 Å². The molecule has 0 amide bonds. The van der Waals surface area contributed by atoms with Gasteiger partial charge in [-0.15, -0.1) is 0 Å². The summed E-state index contributed by atoms with van der Waals surface area (Å²) in [6.45, 7) is 5.95. The largest absolute Gasteiger partial charge is 0.480 e. The molecule has 0 aliphatic rings. The highest BCUT2D eigenvalue weighted by Gasteiger charge is 2.14. The van der Waals surface area contributed by atoms with Gasteiger partial charge < -0.3 is 10.1 Å². The molecule has 4 heteroatoms. The minimum absolute atomic E-state index is 0.150. The van der Waals surface area contributed by atoms with Crippen LogP contribution in [0, 0.1) is 5.82 Å². The third-order valence-corrected chi connectivity index (χ3v) is 1.52. The maximum Gasteiger partial charge on any atom is 0.237 e. The monoisotopic (exact) mass is 198 g/mol. The predicted octanol–water partition coefficient (Wildman–Crippen LogP) is 2.44. The van der Waals surface area contributed by atoms with E-state index in [9.17, 15) is 4.39 Å². The summed E-state index contributed by atoms with van der Waals surface area (Å²) in [6.07, 6.45) is 1.13. The SMILES string of the molecule is COc1ncc(F)cc1NC(C)(C)C. The molecule has 0 bridgehead atoms. The Kier molecular flexibility index (Phi) is 2.93. The standard InChI is InChI=1S/C10H15FN2O/c1-10(2,3)13-8-5-7(11)6-12-9(8)14-4/h5-6,13H,1-4H3. The summed E-state index contributed by atoms with van der Waals surface area (Å²) in [4.78, 5) is 3.82. The third kappa shape index (κ3) is 2.87. The first-order valence-corrected chi connectivity index (χ1v) is 4.40. The molecule has 14 heavy (non-hydrogen) atoms. The number of hydrogen-bond acceptors (Lipinski definition) is 3. The second-order valence-corrected chi connectivity index (χ2v) is 4.09. The van der Waals surface area contributed by atoms with Crippen molar-refractivity contribution in [2.45, 2.75) is 26.3 Å². The zero-order chi connectivity index (χ0) is 10.8. The molecule has 1 N–H and O–H groups in total. The van der Waals surface area contributed by atoms with E-state index in [4.69, 9.17) is 4.74 Å². The number of rotatable bonds is 2. The van der Waals surface area contributed by atoms with Crippen LogP contribution in [0.15, 0.2) is 12.3 Å². The number of aromatic nitrogens is 1. The molecule has 0 radical (unpaired) electrons. The van der Waals surface area contributed by atoms with Gasteiger partial charge in [0, 0.05) is 11.6 Å². The number of halogens is 1. The molecule has 78 valence electrons. The summed E-state index contributed by atoms with van der Waals surface area (Å²) in [5.74, 6) is 0.0267. The molecule has 3 nitrogen and oxygen atoms in total. The topological polar surface area (TPSA) is 34.1 Å². The molecule has 0 saturated carbocycles. The Hall–Kier alpha value is -1.32. The van der Waals surface area contributed by atoms with Crippen molar-refractivity contribution in [3.05, 3.63) is 18.1 Å². The van der Waals surface area contributed by atoms with Gasteiger partial charge in [0.15, 0.2) is 0 Å². The van der Waals surface area contributed by atoms with Crippen LogP contribution in [0.2, 0.25) is 0 Å². The highest BCUT2D eigenvalue weighted by molar-refractivity contribution is 5.53. The molecular formula is C10H15FN2O. The van der Waals surface area contributed by atoms with Crippen LogP contribution in [0.4, 0.5) is 10.1 Å². The Labute approximate surface area is 83.3 Å². The van der Waals surface area contributed by atoms with Crippen LogP contribution in [-0.4, -0.2) is 17.6 Å². The molecule has 0 spiro atoms. The summed E-state index contributed by atoms with van der Waals surface area (Å²) >= 11 is 0. The quantitative estimate of drug-likeness (QED) is 0.792. The van der Waals surface area contributed by atoms with E-state index in [1.165, 1.54) is 13.2 Å². The maximum absolute atomic E-state index is 12.9. The van der Waals surface area contributed by atoms with Gasteiger partial charge in [0.05, 0.1) is 13.3 Å². The van der Waals surface area contributed by atoms with Crippen molar-refractivity contribution in [1.29, 1.82) is 0 Å².